The highest BCUT2D eigenvalue weighted by Gasteiger charge is 2.28. The number of hydrogen-bond donors (Lipinski definition) is 0. The molecular weight excluding hydrogens is 212 g/mol. The Labute approximate surface area is 93.1 Å². The summed E-state index contributed by atoms with van der Waals surface area (Å²) in [7, 11) is 0. The lowest BCUT2D eigenvalue weighted by Crippen LogP contribution is -2.20. The quantitative estimate of drug-likeness (QED) is 0.784. The van der Waals surface area contributed by atoms with E-state index in [0.29, 0.717) is 5.82 Å². The van der Waals surface area contributed by atoms with Gasteiger partial charge in [0.15, 0.2) is 5.82 Å². The normalized spacial score (nSPS) is 11.7. The Morgan fingerprint density at radius 1 is 1.20 bits per heavy atom. The molecule has 1 heterocycles. The highest BCUT2D eigenvalue weighted by molar-refractivity contribution is 6.27. The predicted molar refractivity (Wildman–Crippen MR) is 57.9 cm³/mol. The van der Waals surface area contributed by atoms with Crippen LogP contribution in [0.2, 0.25) is 5.35 Å². The van der Waals surface area contributed by atoms with Gasteiger partial charge < -0.3 is 4.52 Å². The third-order valence-corrected chi connectivity index (χ3v) is 2.61. The number of benzene rings is 1. The molecule has 0 atom stereocenters. The second kappa shape index (κ2) is 3.66. The van der Waals surface area contributed by atoms with Crippen LogP contribution in [0.15, 0.2) is 34.9 Å². The van der Waals surface area contributed by atoms with Crippen molar-refractivity contribution in [2.45, 2.75) is 19.3 Å². The first-order chi connectivity index (χ1) is 7.10. The van der Waals surface area contributed by atoms with Crippen molar-refractivity contribution < 1.29 is 4.52 Å². The van der Waals surface area contributed by atoms with Crippen LogP contribution < -0.4 is 0 Å². The summed E-state index contributed by atoms with van der Waals surface area (Å²) >= 11 is 5.61. The van der Waals surface area contributed by atoms with Crippen molar-refractivity contribution in [3.05, 3.63) is 47.1 Å². The Balaban J connectivity index is 2.43. The maximum atomic E-state index is 5.61. The van der Waals surface area contributed by atoms with Gasteiger partial charge in [-0.1, -0.05) is 35.5 Å². The molecule has 2 aromatic rings. The van der Waals surface area contributed by atoms with Crippen molar-refractivity contribution in [2.75, 3.05) is 0 Å². The van der Waals surface area contributed by atoms with Crippen LogP contribution in [0.1, 0.15) is 25.2 Å². The molecular formula is C11H11ClN2O. The van der Waals surface area contributed by atoms with E-state index in [2.05, 4.69) is 10.1 Å². The Kier molecular flexibility index (Phi) is 2.49. The molecule has 0 saturated heterocycles. The van der Waals surface area contributed by atoms with E-state index in [0.717, 1.165) is 5.56 Å². The van der Waals surface area contributed by atoms with Gasteiger partial charge in [-0.25, -0.2) is 0 Å². The second-order valence-corrected chi connectivity index (χ2v) is 4.19. The highest BCUT2D eigenvalue weighted by atomic mass is 35.5. The summed E-state index contributed by atoms with van der Waals surface area (Å²) in [6, 6.07) is 10.0. The fourth-order valence-corrected chi connectivity index (χ4v) is 1.56. The van der Waals surface area contributed by atoms with Crippen molar-refractivity contribution in [3.8, 4) is 0 Å². The fourth-order valence-electron chi connectivity index (χ4n) is 1.44. The first-order valence-corrected chi connectivity index (χ1v) is 5.04. The lowest BCUT2D eigenvalue weighted by atomic mass is 9.84. The molecule has 0 fully saturated rings. The smallest absolute Gasteiger partial charge is 0.320 e. The fraction of sp³-hybridized carbons (Fsp3) is 0.273. The molecule has 1 aromatic carbocycles. The van der Waals surface area contributed by atoms with Gasteiger partial charge in [-0.05, 0) is 31.0 Å². The van der Waals surface area contributed by atoms with Gasteiger partial charge in [0.05, 0.1) is 5.41 Å². The number of aromatic nitrogens is 2. The molecule has 0 radical (unpaired) electrons. The number of rotatable bonds is 2. The molecule has 0 spiro atoms. The van der Waals surface area contributed by atoms with E-state index in [4.69, 9.17) is 16.1 Å². The van der Waals surface area contributed by atoms with Crippen LogP contribution in [-0.4, -0.2) is 10.1 Å². The molecule has 0 amide bonds. The Hall–Kier alpha value is -1.35. The summed E-state index contributed by atoms with van der Waals surface area (Å²) in [5, 5.41) is 3.92. The summed E-state index contributed by atoms with van der Waals surface area (Å²) in [5.74, 6) is 0.596. The van der Waals surface area contributed by atoms with Crippen molar-refractivity contribution in [1.29, 1.82) is 0 Å². The summed E-state index contributed by atoms with van der Waals surface area (Å²) in [6.07, 6.45) is 0. The average Bonchev–Trinajstić information content (AvgIpc) is 2.67. The van der Waals surface area contributed by atoms with E-state index in [1.165, 1.54) is 0 Å². The second-order valence-electron chi connectivity index (χ2n) is 3.86. The Morgan fingerprint density at radius 2 is 1.87 bits per heavy atom. The average molecular weight is 223 g/mol. The molecule has 1 aromatic heterocycles. The van der Waals surface area contributed by atoms with Gasteiger partial charge in [-0.15, -0.1) is 0 Å². The minimum absolute atomic E-state index is 0.0778. The number of halogens is 1. The van der Waals surface area contributed by atoms with Gasteiger partial charge in [0.1, 0.15) is 0 Å². The van der Waals surface area contributed by atoms with Crippen molar-refractivity contribution >= 4 is 11.6 Å². The molecule has 0 aliphatic rings. The molecule has 0 aliphatic carbocycles. The first-order valence-electron chi connectivity index (χ1n) is 4.66. The molecule has 78 valence electrons. The molecule has 15 heavy (non-hydrogen) atoms. The zero-order valence-corrected chi connectivity index (χ0v) is 9.32. The molecule has 0 N–H and O–H groups in total. The minimum Gasteiger partial charge on any atom is -0.321 e. The third-order valence-electron chi connectivity index (χ3n) is 2.46. The highest BCUT2D eigenvalue weighted by Crippen LogP contribution is 2.29. The van der Waals surface area contributed by atoms with Crippen LogP contribution in [-0.2, 0) is 5.41 Å². The van der Waals surface area contributed by atoms with Crippen molar-refractivity contribution in [2.24, 2.45) is 0 Å². The summed E-state index contributed by atoms with van der Waals surface area (Å²) in [4.78, 5) is 4.05. The van der Waals surface area contributed by atoms with Gasteiger partial charge in [-0.2, -0.15) is 4.98 Å². The van der Waals surface area contributed by atoms with Crippen LogP contribution >= 0.6 is 11.6 Å². The monoisotopic (exact) mass is 222 g/mol. The van der Waals surface area contributed by atoms with Crippen LogP contribution in [0.3, 0.4) is 0 Å². The predicted octanol–water partition coefficient (Wildman–Crippen LogP) is 3.05. The van der Waals surface area contributed by atoms with Crippen LogP contribution in [0.25, 0.3) is 0 Å². The third kappa shape index (κ3) is 1.88. The van der Waals surface area contributed by atoms with E-state index >= 15 is 0 Å². The van der Waals surface area contributed by atoms with Gasteiger partial charge in [-0.3, -0.25) is 0 Å². The van der Waals surface area contributed by atoms with Crippen LogP contribution in [0, 0.1) is 0 Å². The molecule has 3 nitrogen and oxygen atoms in total. The van der Waals surface area contributed by atoms with E-state index in [1.807, 2.05) is 44.2 Å². The maximum absolute atomic E-state index is 5.61. The summed E-state index contributed by atoms with van der Waals surface area (Å²) < 4.78 is 4.78. The first kappa shape index (κ1) is 10.2. The van der Waals surface area contributed by atoms with Gasteiger partial charge >= 0.3 is 5.35 Å². The van der Waals surface area contributed by atoms with E-state index in [1.54, 1.807) is 0 Å². The summed E-state index contributed by atoms with van der Waals surface area (Å²) in [6.45, 7) is 4.06. The number of hydrogen-bond acceptors (Lipinski definition) is 3. The largest absolute Gasteiger partial charge is 0.321 e. The molecule has 0 saturated carbocycles. The van der Waals surface area contributed by atoms with Gasteiger partial charge in [0, 0.05) is 0 Å². The van der Waals surface area contributed by atoms with E-state index < -0.39 is 0 Å². The zero-order valence-electron chi connectivity index (χ0n) is 8.57. The molecule has 0 aliphatic heterocycles. The minimum atomic E-state index is -0.294. The molecule has 0 bridgehead atoms. The topological polar surface area (TPSA) is 38.9 Å². The standard InChI is InChI=1S/C11H11ClN2O/c1-11(2,8-6-4-3-5-7-8)9-13-10(12)15-14-9/h3-7H,1-2H3. The zero-order chi connectivity index (χ0) is 10.9. The summed E-state index contributed by atoms with van der Waals surface area (Å²) in [5.41, 5.74) is 0.834. The molecule has 2 rings (SSSR count). The Morgan fingerprint density at radius 3 is 2.40 bits per heavy atom. The SMILES string of the molecule is CC(C)(c1ccccc1)c1noc(Cl)n1. The van der Waals surface area contributed by atoms with Crippen molar-refractivity contribution in [3.63, 3.8) is 0 Å². The van der Waals surface area contributed by atoms with Gasteiger partial charge in [0.25, 0.3) is 0 Å². The van der Waals surface area contributed by atoms with E-state index in [-0.39, 0.29) is 10.8 Å². The van der Waals surface area contributed by atoms with E-state index in [9.17, 15) is 0 Å². The van der Waals surface area contributed by atoms with Crippen molar-refractivity contribution in [1.82, 2.24) is 10.1 Å². The van der Waals surface area contributed by atoms with Crippen LogP contribution in [0.5, 0.6) is 0 Å². The van der Waals surface area contributed by atoms with Gasteiger partial charge in [0.2, 0.25) is 0 Å². The lowest BCUT2D eigenvalue weighted by molar-refractivity contribution is 0.399. The molecule has 0 unspecified atom stereocenters. The number of nitrogens with zero attached hydrogens (tertiary/aromatic N) is 2. The lowest BCUT2D eigenvalue weighted by Gasteiger charge is -2.20. The van der Waals surface area contributed by atoms with Crippen LogP contribution in [0.4, 0.5) is 0 Å². The maximum Gasteiger partial charge on any atom is 0.320 e. The Bertz CT molecular complexity index is 451. The molecule has 4 heteroatoms.